The van der Waals surface area contributed by atoms with E-state index >= 15 is 0 Å². The molecule has 1 atom stereocenters. The van der Waals surface area contributed by atoms with Gasteiger partial charge in [-0.2, -0.15) is 4.98 Å². The number of amides is 1. The Hall–Kier alpha value is -3.35. The van der Waals surface area contributed by atoms with E-state index < -0.39 is 0 Å². The van der Waals surface area contributed by atoms with Gasteiger partial charge >= 0.3 is 0 Å². The number of nitrogens with zero attached hydrogens (tertiary/aromatic N) is 3. The van der Waals surface area contributed by atoms with E-state index in [9.17, 15) is 4.79 Å². The highest BCUT2D eigenvalue weighted by molar-refractivity contribution is 5.95. The van der Waals surface area contributed by atoms with Crippen LogP contribution in [0.5, 0.6) is 11.5 Å². The molecule has 1 aromatic heterocycles. The summed E-state index contributed by atoms with van der Waals surface area (Å²) in [5.41, 5.74) is 1.49. The van der Waals surface area contributed by atoms with E-state index in [0.29, 0.717) is 41.9 Å². The second-order valence-electron chi connectivity index (χ2n) is 6.63. The van der Waals surface area contributed by atoms with Crippen LogP contribution in [0.2, 0.25) is 0 Å². The van der Waals surface area contributed by atoms with Crippen molar-refractivity contribution in [1.82, 2.24) is 15.0 Å². The molecule has 0 unspecified atom stereocenters. The van der Waals surface area contributed by atoms with E-state index in [1.54, 1.807) is 18.2 Å². The van der Waals surface area contributed by atoms with Crippen molar-refractivity contribution in [3.05, 3.63) is 59.9 Å². The molecule has 0 aliphatic carbocycles. The molecule has 2 aromatic carbocycles. The van der Waals surface area contributed by atoms with Crippen molar-refractivity contribution in [3.8, 4) is 23.0 Å². The molecule has 136 valence electrons. The Morgan fingerprint density at radius 1 is 1.07 bits per heavy atom. The molecular formula is C20H17N3O4. The summed E-state index contributed by atoms with van der Waals surface area (Å²) in [5, 5.41) is 4.13. The maximum atomic E-state index is 12.8. The molecule has 0 saturated carbocycles. The van der Waals surface area contributed by atoms with E-state index in [1.165, 1.54) is 0 Å². The van der Waals surface area contributed by atoms with Crippen molar-refractivity contribution < 1.29 is 18.8 Å². The molecule has 7 heteroatoms. The van der Waals surface area contributed by atoms with E-state index in [1.807, 2.05) is 35.2 Å². The van der Waals surface area contributed by atoms with Gasteiger partial charge in [0.2, 0.25) is 6.79 Å². The second kappa shape index (κ2) is 6.42. The summed E-state index contributed by atoms with van der Waals surface area (Å²) in [6.45, 7) is 1.43. The van der Waals surface area contributed by atoms with Crippen LogP contribution >= 0.6 is 0 Å². The molecule has 1 saturated heterocycles. The molecule has 3 heterocycles. The molecule has 2 aliphatic rings. The summed E-state index contributed by atoms with van der Waals surface area (Å²) in [5.74, 6) is 2.49. The molecule has 27 heavy (non-hydrogen) atoms. The van der Waals surface area contributed by atoms with Crippen LogP contribution in [0.15, 0.2) is 53.1 Å². The van der Waals surface area contributed by atoms with Crippen molar-refractivity contribution >= 4 is 5.91 Å². The molecule has 1 amide bonds. The first-order chi connectivity index (χ1) is 13.3. The predicted octanol–water partition coefficient (Wildman–Crippen LogP) is 3.10. The van der Waals surface area contributed by atoms with E-state index in [2.05, 4.69) is 10.1 Å². The molecule has 0 bridgehead atoms. The average molecular weight is 363 g/mol. The van der Waals surface area contributed by atoms with Gasteiger partial charge in [-0.15, -0.1) is 0 Å². The second-order valence-corrected chi connectivity index (χ2v) is 6.63. The van der Waals surface area contributed by atoms with Gasteiger partial charge in [-0.1, -0.05) is 23.4 Å². The Kier molecular flexibility index (Phi) is 3.78. The van der Waals surface area contributed by atoms with Crippen LogP contribution in [0.3, 0.4) is 0 Å². The first-order valence-corrected chi connectivity index (χ1v) is 8.86. The fraction of sp³-hybridized carbons (Fsp3) is 0.250. The minimum atomic E-state index is -0.0254. The van der Waals surface area contributed by atoms with Crippen molar-refractivity contribution in [1.29, 1.82) is 0 Å². The number of carbonyl (C=O) groups is 1. The number of aromatic nitrogens is 2. The van der Waals surface area contributed by atoms with Gasteiger partial charge in [-0.25, -0.2) is 0 Å². The maximum absolute atomic E-state index is 12.8. The van der Waals surface area contributed by atoms with Gasteiger partial charge in [0.25, 0.3) is 11.8 Å². The monoisotopic (exact) mass is 363 g/mol. The molecule has 2 aliphatic heterocycles. The van der Waals surface area contributed by atoms with Crippen LogP contribution in [0.4, 0.5) is 0 Å². The number of benzene rings is 2. The lowest BCUT2D eigenvalue weighted by Gasteiger charge is -2.16. The molecule has 0 radical (unpaired) electrons. The van der Waals surface area contributed by atoms with Crippen LogP contribution in [-0.2, 0) is 0 Å². The number of hydrogen-bond acceptors (Lipinski definition) is 6. The molecule has 3 aromatic rings. The number of rotatable bonds is 3. The third-order valence-corrected chi connectivity index (χ3v) is 4.92. The third-order valence-electron chi connectivity index (χ3n) is 4.92. The van der Waals surface area contributed by atoms with Gasteiger partial charge in [0, 0.05) is 30.1 Å². The van der Waals surface area contributed by atoms with Crippen molar-refractivity contribution in [3.63, 3.8) is 0 Å². The Morgan fingerprint density at radius 2 is 1.93 bits per heavy atom. The number of fused-ring (bicyclic) bond motifs is 1. The number of carbonyl (C=O) groups excluding carboxylic acids is 1. The molecule has 0 spiro atoms. The highest BCUT2D eigenvalue weighted by atomic mass is 16.7. The summed E-state index contributed by atoms with van der Waals surface area (Å²) in [6.07, 6.45) is 0.810. The Bertz CT molecular complexity index is 986. The first kappa shape index (κ1) is 15.9. The van der Waals surface area contributed by atoms with Crippen LogP contribution < -0.4 is 9.47 Å². The van der Waals surface area contributed by atoms with Crippen molar-refractivity contribution in [2.45, 2.75) is 12.3 Å². The quantitative estimate of drug-likeness (QED) is 0.712. The molecule has 7 nitrogen and oxygen atoms in total. The zero-order valence-corrected chi connectivity index (χ0v) is 14.5. The Labute approximate surface area is 155 Å². The number of hydrogen-bond donors (Lipinski definition) is 0. The zero-order valence-electron chi connectivity index (χ0n) is 14.5. The fourth-order valence-corrected chi connectivity index (χ4v) is 3.47. The maximum Gasteiger partial charge on any atom is 0.257 e. The van der Waals surface area contributed by atoms with E-state index in [-0.39, 0.29) is 18.6 Å². The Morgan fingerprint density at radius 3 is 2.81 bits per heavy atom. The number of ether oxygens (including phenoxy) is 2. The standard InChI is InChI=1S/C20H17N3O4/c24-20(14-6-7-16-17(10-14)26-12-25-16)23-9-8-15(11-23)18-21-19(27-22-18)13-4-2-1-3-5-13/h1-7,10,15H,8-9,11-12H2/t15-/m0/s1. The third kappa shape index (κ3) is 2.91. The first-order valence-electron chi connectivity index (χ1n) is 8.86. The summed E-state index contributed by atoms with van der Waals surface area (Å²) >= 11 is 0. The van der Waals surface area contributed by atoms with Crippen molar-refractivity contribution in [2.75, 3.05) is 19.9 Å². The lowest BCUT2D eigenvalue weighted by molar-refractivity contribution is 0.0790. The van der Waals surface area contributed by atoms with Crippen LogP contribution in [0, 0.1) is 0 Å². The van der Waals surface area contributed by atoms with Crippen molar-refractivity contribution in [2.24, 2.45) is 0 Å². The largest absolute Gasteiger partial charge is 0.454 e. The van der Waals surface area contributed by atoms with Crippen LogP contribution in [0.25, 0.3) is 11.5 Å². The summed E-state index contributed by atoms with van der Waals surface area (Å²) in [6, 6.07) is 14.9. The molecular weight excluding hydrogens is 346 g/mol. The molecule has 5 rings (SSSR count). The van der Waals surface area contributed by atoms with Gasteiger partial charge in [0.1, 0.15) is 0 Å². The van der Waals surface area contributed by atoms with Crippen LogP contribution in [-0.4, -0.2) is 40.8 Å². The van der Waals surface area contributed by atoms with Crippen LogP contribution in [0.1, 0.15) is 28.5 Å². The fourth-order valence-electron chi connectivity index (χ4n) is 3.47. The lowest BCUT2D eigenvalue weighted by Crippen LogP contribution is -2.28. The zero-order chi connectivity index (χ0) is 18.2. The lowest BCUT2D eigenvalue weighted by atomic mass is 10.1. The Balaban J connectivity index is 1.30. The van der Waals surface area contributed by atoms with Gasteiger partial charge < -0.3 is 18.9 Å². The minimum Gasteiger partial charge on any atom is -0.454 e. The van der Waals surface area contributed by atoms with Gasteiger partial charge in [-0.3, -0.25) is 4.79 Å². The minimum absolute atomic E-state index is 0.0254. The predicted molar refractivity (Wildman–Crippen MR) is 95.6 cm³/mol. The summed E-state index contributed by atoms with van der Waals surface area (Å²) in [4.78, 5) is 19.2. The molecule has 1 fully saturated rings. The number of likely N-dealkylation sites (tertiary alicyclic amines) is 1. The van der Waals surface area contributed by atoms with Gasteiger partial charge in [0.05, 0.1) is 0 Å². The topological polar surface area (TPSA) is 77.7 Å². The van der Waals surface area contributed by atoms with Gasteiger partial charge in [0.15, 0.2) is 17.3 Å². The van der Waals surface area contributed by atoms with E-state index in [0.717, 1.165) is 12.0 Å². The SMILES string of the molecule is O=C(c1ccc2c(c1)OCO2)N1CC[C@H](c2noc(-c3ccccc3)n2)C1. The normalized spacial score (nSPS) is 18.1. The highest BCUT2D eigenvalue weighted by Crippen LogP contribution is 2.34. The summed E-state index contributed by atoms with van der Waals surface area (Å²) < 4.78 is 16.1. The smallest absolute Gasteiger partial charge is 0.257 e. The van der Waals surface area contributed by atoms with E-state index in [4.69, 9.17) is 14.0 Å². The highest BCUT2D eigenvalue weighted by Gasteiger charge is 2.31. The molecule has 0 N–H and O–H groups in total. The summed E-state index contributed by atoms with van der Waals surface area (Å²) in [7, 11) is 0. The average Bonchev–Trinajstić information content (AvgIpc) is 3.47. The van der Waals surface area contributed by atoms with Gasteiger partial charge in [-0.05, 0) is 36.8 Å².